The van der Waals surface area contributed by atoms with Crippen LogP contribution in [0.4, 0.5) is 11.4 Å². The Bertz CT molecular complexity index is 1120. The lowest BCUT2D eigenvalue weighted by Gasteiger charge is -2.24. The molecule has 182 valence electrons. The SMILES string of the molecule is CCCCCCc1ccc(C(=O)Nc2ccc(C3SCC(=O)N3c3ccc(CC)cc3)cc2)cc1. The third-order valence-corrected chi connectivity index (χ3v) is 7.69. The van der Waals surface area contributed by atoms with Crippen LogP contribution >= 0.6 is 11.8 Å². The molecule has 0 saturated carbocycles. The van der Waals surface area contributed by atoms with E-state index >= 15 is 0 Å². The number of anilines is 2. The van der Waals surface area contributed by atoms with E-state index in [2.05, 4.69) is 43.4 Å². The molecule has 0 bridgehead atoms. The first-order valence-electron chi connectivity index (χ1n) is 12.6. The number of thioether (sulfide) groups is 1. The molecule has 3 aromatic carbocycles. The molecule has 1 aliphatic heterocycles. The summed E-state index contributed by atoms with van der Waals surface area (Å²) in [5.74, 6) is 0.474. The van der Waals surface area contributed by atoms with Gasteiger partial charge in [0.15, 0.2) is 0 Å². The lowest BCUT2D eigenvalue weighted by Crippen LogP contribution is -2.27. The largest absolute Gasteiger partial charge is 0.322 e. The Hall–Kier alpha value is -3.05. The summed E-state index contributed by atoms with van der Waals surface area (Å²) >= 11 is 1.63. The summed E-state index contributed by atoms with van der Waals surface area (Å²) in [6.07, 6.45) is 7.00. The minimum Gasteiger partial charge on any atom is -0.322 e. The maximum Gasteiger partial charge on any atom is 0.255 e. The maximum atomic E-state index is 12.7. The fourth-order valence-electron chi connectivity index (χ4n) is 4.36. The van der Waals surface area contributed by atoms with Crippen LogP contribution in [0.25, 0.3) is 0 Å². The Kier molecular flexibility index (Phi) is 8.64. The van der Waals surface area contributed by atoms with Crippen LogP contribution in [0.15, 0.2) is 72.8 Å². The number of rotatable bonds is 10. The summed E-state index contributed by atoms with van der Waals surface area (Å²) < 4.78 is 0. The summed E-state index contributed by atoms with van der Waals surface area (Å²) in [4.78, 5) is 27.2. The van der Waals surface area contributed by atoms with Gasteiger partial charge in [0.25, 0.3) is 5.91 Å². The molecule has 4 nitrogen and oxygen atoms in total. The van der Waals surface area contributed by atoms with Gasteiger partial charge in [-0.05, 0) is 72.4 Å². The molecule has 35 heavy (non-hydrogen) atoms. The molecule has 4 rings (SSSR count). The molecule has 1 aliphatic rings. The van der Waals surface area contributed by atoms with Crippen LogP contribution in [-0.2, 0) is 17.6 Å². The van der Waals surface area contributed by atoms with Crippen molar-refractivity contribution in [2.45, 2.75) is 57.7 Å². The van der Waals surface area contributed by atoms with Crippen molar-refractivity contribution in [3.63, 3.8) is 0 Å². The molecule has 1 heterocycles. The number of aryl methyl sites for hydroxylation is 2. The van der Waals surface area contributed by atoms with E-state index in [-0.39, 0.29) is 17.2 Å². The number of nitrogens with one attached hydrogen (secondary N) is 1. The summed E-state index contributed by atoms with van der Waals surface area (Å²) in [6.45, 7) is 4.34. The van der Waals surface area contributed by atoms with Crippen LogP contribution in [0.3, 0.4) is 0 Å². The molecule has 0 aromatic heterocycles. The standard InChI is InChI=1S/C30H34N2O2S/c1-3-5-6-7-8-23-9-13-24(14-10-23)29(34)31-26-17-15-25(16-18-26)30-32(28(33)21-35-30)27-19-11-22(4-2)12-20-27/h9-20,30H,3-8,21H2,1-2H3,(H,31,34). The van der Waals surface area contributed by atoms with Crippen LogP contribution < -0.4 is 10.2 Å². The molecule has 1 N–H and O–H groups in total. The van der Waals surface area contributed by atoms with Gasteiger partial charge in [-0.1, -0.05) is 69.5 Å². The van der Waals surface area contributed by atoms with E-state index in [1.54, 1.807) is 11.8 Å². The van der Waals surface area contributed by atoms with Gasteiger partial charge in [-0.25, -0.2) is 0 Å². The lowest BCUT2D eigenvalue weighted by molar-refractivity contribution is -0.115. The summed E-state index contributed by atoms with van der Waals surface area (Å²) in [6, 6.07) is 24.0. The second kappa shape index (κ2) is 12.1. The average molecular weight is 487 g/mol. The molecule has 0 aliphatic carbocycles. The molecular weight excluding hydrogens is 452 g/mol. The van der Waals surface area contributed by atoms with Crippen molar-refractivity contribution in [2.75, 3.05) is 16.0 Å². The first-order chi connectivity index (χ1) is 17.1. The number of nitrogens with zero attached hydrogens (tertiary/aromatic N) is 1. The van der Waals surface area contributed by atoms with Gasteiger partial charge in [-0.2, -0.15) is 0 Å². The van der Waals surface area contributed by atoms with Crippen LogP contribution in [0.1, 0.15) is 72.0 Å². The predicted octanol–water partition coefficient (Wildman–Crippen LogP) is 7.40. The van der Waals surface area contributed by atoms with Gasteiger partial charge in [0.05, 0.1) is 5.75 Å². The van der Waals surface area contributed by atoms with Crippen molar-refractivity contribution in [3.05, 3.63) is 95.1 Å². The van der Waals surface area contributed by atoms with Gasteiger partial charge < -0.3 is 5.32 Å². The van der Waals surface area contributed by atoms with Gasteiger partial charge in [-0.3, -0.25) is 14.5 Å². The number of amides is 2. The zero-order chi connectivity index (χ0) is 24.6. The van der Waals surface area contributed by atoms with E-state index < -0.39 is 0 Å². The fourth-order valence-corrected chi connectivity index (χ4v) is 5.53. The Labute approximate surface area is 213 Å². The Morgan fingerprint density at radius 1 is 0.886 bits per heavy atom. The monoisotopic (exact) mass is 486 g/mol. The molecule has 2 amide bonds. The molecule has 1 atom stereocenters. The molecule has 3 aromatic rings. The summed E-state index contributed by atoms with van der Waals surface area (Å²) in [5, 5.41) is 2.93. The first kappa shape index (κ1) is 25.1. The highest BCUT2D eigenvalue weighted by Crippen LogP contribution is 2.42. The molecule has 0 radical (unpaired) electrons. The second-order valence-corrected chi connectivity index (χ2v) is 10.1. The minimum absolute atomic E-state index is 0.0652. The van der Waals surface area contributed by atoms with E-state index in [1.165, 1.54) is 36.8 Å². The number of benzene rings is 3. The highest BCUT2D eigenvalue weighted by atomic mass is 32.2. The van der Waals surface area contributed by atoms with Gasteiger partial charge in [0.1, 0.15) is 5.37 Å². The molecular formula is C30H34N2O2S. The van der Waals surface area contributed by atoms with Crippen molar-refractivity contribution < 1.29 is 9.59 Å². The van der Waals surface area contributed by atoms with E-state index in [1.807, 2.05) is 53.4 Å². The van der Waals surface area contributed by atoms with Crippen LogP contribution in [0.2, 0.25) is 0 Å². The molecule has 1 saturated heterocycles. The third-order valence-electron chi connectivity index (χ3n) is 6.48. The quantitative estimate of drug-likeness (QED) is 0.304. The molecule has 0 spiro atoms. The maximum absolute atomic E-state index is 12.7. The average Bonchev–Trinajstić information content (AvgIpc) is 3.28. The Balaban J connectivity index is 1.38. The smallest absolute Gasteiger partial charge is 0.255 e. The lowest BCUT2D eigenvalue weighted by atomic mass is 10.0. The van der Waals surface area contributed by atoms with Gasteiger partial charge in [-0.15, -0.1) is 11.8 Å². The highest BCUT2D eigenvalue weighted by molar-refractivity contribution is 8.00. The highest BCUT2D eigenvalue weighted by Gasteiger charge is 2.34. The summed E-state index contributed by atoms with van der Waals surface area (Å²) in [5.41, 5.74) is 5.91. The fraction of sp³-hybridized carbons (Fsp3) is 0.333. The molecule has 5 heteroatoms. The molecule has 1 unspecified atom stereocenters. The molecule has 1 fully saturated rings. The van der Waals surface area contributed by atoms with Gasteiger partial charge in [0, 0.05) is 16.9 Å². The van der Waals surface area contributed by atoms with Crippen LogP contribution in [0, 0.1) is 0 Å². The van der Waals surface area contributed by atoms with Crippen LogP contribution in [0.5, 0.6) is 0 Å². The van der Waals surface area contributed by atoms with Crippen molar-refractivity contribution in [2.24, 2.45) is 0 Å². The second-order valence-electron chi connectivity index (χ2n) is 9.03. The summed E-state index contributed by atoms with van der Waals surface area (Å²) in [7, 11) is 0. The van der Waals surface area contributed by atoms with E-state index in [9.17, 15) is 9.59 Å². The Morgan fingerprint density at radius 3 is 2.23 bits per heavy atom. The zero-order valence-corrected chi connectivity index (χ0v) is 21.4. The first-order valence-corrected chi connectivity index (χ1v) is 13.7. The van der Waals surface area contributed by atoms with Crippen molar-refractivity contribution in [3.8, 4) is 0 Å². The number of hydrogen-bond acceptors (Lipinski definition) is 3. The number of carbonyl (C=O) groups is 2. The van der Waals surface area contributed by atoms with E-state index in [4.69, 9.17) is 0 Å². The third kappa shape index (κ3) is 6.34. The number of unbranched alkanes of at least 4 members (excludes halogenated alkanes) is 3. The van der Waals surface area contributed by atoms with E-state index in [0.29, 0.717) is 11.3 Å². The normalized spacial score (nSPS) is 15.4. The van der Waals surface area contributed by atoms with E-state index in [0.717, 1.165) is 29.8 Å². The topological polar surface area (TPSA) is 49.4 Å². The Morgan fingerprint density at radius 2 is 1.57 bits per heavy atom. The van der Waals surface area contributed by atoms with Crippen molar-refractivity contribution in [1.82, 2.24) is 0 Å². The zero-order valence-electron chi connectivity index (χ0n) is 20.6. The number of hydrogen-bond donors (Lipinski definition) is 1. The van der Waals surface area contributed by atoms with Gasteiger partial charge >= 0.3 is 0 Å². The van der Waals surface area contributed by atoms with Gasteiger partial charge in [0.2, 0.25) is 5.91 Å². The predicted molar refractivity (Wildman–Crippen MR) is 147 cm³/mol. The van der Waals surface area contributed by atoms with Crippen LogP contribution in [-0.4, -0.2) is 17.6 Å². The minimum atomic E-state index is -0.113. The van der Waals surface area contributed by atoms with Crippen molar-refractivity contribution in [1.29, 1.82) is 0 Å². The van der Waals surface area contributed by atoms with Crippen molar-refractivity contribution >= 4 is 35.0 Å². The number of carbonyl (C=O) groups excluding carboxylic acids is 2.